The highest BCUT2D eigenvalue weighted by Gasteiger charge is 2.45. The van der Waals surface area contributed by atoms with E-state index >= 15 is 0 Å². The van der Waals surface area contributed by atoms with Gasteiger partial charge in [-0.3, -0.25) is 9.69 Å². The highest BCUT2D eigenvalue weighted by molar-refractivity contribution is 7.90. The fourth-order valence-corrected chi connectivity index (χ4v) is 6.27. The number of methoxy groups -OCH3 is 1. The standard InChI is InChI=1S/C14H24N2O4S/c1-20-14(17)10-4-2-6-13(10)21(18,19)15-11-7-9-16-8-3-5-12(11)16/h10-13,15H,2-9H2,1H3. The lowest BCUT2D eigenvalue weighted by molar-refractivity contribution is -0.145. The van der Waals surface area contributed by atoms with E-state index in [1.165, 1.54) is 7.11 Å². The number of carbonyl (C=O) groups excluding carboxylic acids is 1. The van der Waals surface area contributed by atoms with Crippen LogP contribution in [0.25, 0.3) is 0 Å². The van der Waals surface area contributed by atoms with Crippen molar-refractivity contribution in [3.05, 3.63) is 0 Å². The number of ether oxygens (including phenoxy) is 1. The minimum absolute atomic E-state index is 0.0106. The maximum Gasteiger partial charge on any atom is 0.310 e. The summed E-state index contributed by atoms with van der Waals surface area (Å²) in [5, 5.41) is -0.625. The van der Waals surface area contributed by atoms with E-state index in [2.05, 4.69) is 9.62 Å². The van der Waals surface area contributed by atoms with Crippen LogP contribution in [0.15, 0.2) is 0 Å². The van der Waals surface area contributed by atoms with E-state index in [1.807, 2.05) is 0 Å². The number of sulfonamides is 1. The van der Waals surface area contributed by atoms with Gasteiger partial charge < -0.3 is 4.74 Å². The topological polar surface area (TPSA) is 75.7 Å². The Morgan fingerprint density at radius 3 is 2.71 bits per heavy atom. The molecule has 1 aliphatic carbocycles. The van der Waals surface area contributed by atoms with Crippen molar-refractivity contribution >= 4 is 16.0 Å². The van der Waals surface area contributed by atoms with E-state index in [9.17, 15) is 13.2 Å². The van der Waals surface area contributed by atoms with Gasteiger partial charge >= 0.3 is 5.97 Å². The average Bonchev–Trinajstić information content (AvgIpc) is 3.14. The molecule has 0 aromatic rings. The van der Waals surface area contributed by atoms with Crippen LogP contribution in [0.4, 0.5) is 0 Å². The second kappa shape index (κ2) is 5.85. The summed E-state index contributed by atoms with van der Waals surface area (Å²) in [6, 6.07) is 0.356. The first kappa shape index (κ1) is 15.2. The largest absolute Gasteiger partial charge is 0.469 e. The molecule has 0 spiro atoms. The van der Waals surface area contributed by atoms with Gasteiger partial charge in [0.25, 0.3) is 0 Å². The Morgan fingerprint density at radius 2 is 1.95 bits per heavy atom. The minimum Gasteiger partial charge on any atom is -0.469 e. The maximum absolute atomic E-state index is 12.7. The molecule has 1 N–H and O–H groups in total. The Morgan fingerprint density at radius 1 is 1.14 bits per heavy atom. The summed E-state index contributed by atoms with van der Waals surface area (Å²) in [6.45, 7) is 2.06. The molecule has 3 rings (SSSR count). The highest BCUT2D eigenvalue weighted by Crippen LogP contribution is 2.34. The highest BCUT2D eigenvalue weighted by atomic mass is 32.2. The van der Waals surface area contributed by atoms with Gasteiger partial charge in [0, 0.05) is 18.6 Å². The lowest BCUT2D eigenvalue weighted by Gasteiger charge is -2.25. The van der Waals surface area contributed by atoms with Crippen LogP contribution >= 0.6 is 0 Å². The fourth-order valence-electron chi connectivity index (χ4n) is 4.24. The molecule has 1 saturated carbocycles. The van der Waals surface area contributed by atoms with Crippen LogP contribution in [0.2, 0.25) is 0 Å². The van der Waals surface area contributed by atoms with Gasteiger partial charge in [-0.15, -0.1) is 0 Å². The molecule has 7 heteroatoms. The molecule has 0 radical (unpaired) electrons. The molecule has 3 aliphatic rings. The molecule has 21 heavy (non-hydrogen) atoms. The van der Waals surface area contributed by atoms with Gasteiger partial charge in [-0.05, 0) is 38.6 Å². The van der Waals surface area contributed by atoms with Crippen molar-refractivity contribution in [2.45, 2.75) is 55.9 Å². The van der Waals surface area contributed by atoms with Gasteiger partial charge in [0.05, 0.1) is 18.3 Å². The van der Waals surface area contributed by atoms with Crippen molar-refractivity contribution in [2.75, 3.05) is 20.2 Å². The fraction of sp³-hybridized carbons (Fsp3) is 0.929. The SMILES string of the molecule is COC(=O)C1CCCC1S(=O)(=O)NC1CCN2CCCC12. The van der Waals surface area contributed by atoms with Gasteiger partial charge in [0.1, 0.15) is 0 Å². The molecule has 2 saturated heterocycles. The van der Waals surface area contributed by atoms with E-state index in [1.54, 1.807) is 0 Å². The Balaban J connectivity index is 1.70. The molecule has 2 aliphatic heterocycles. The zero-order chi connectivity index (χ0) is 15.0. The normalized spacial score (nSPS) is 36.8. The zero-order valence-corrected chi connectivity index (χ0v) is 13.3. The lowest BCUT2D eigenvalue weighted by atomic mass is 10.1. The number of nitrogens with zero attached hydrogens (tertiary/aromatic N) is 1. The number of rotatable bonds is 4. The molecule has 0 bridgehead atoms. The quantitative estimate of drug-likeness (QED) is 0.764. The molecule has 6 nitrogen and oxygen atoms in total. The van der Waals surface area contributed by atoms with Gasteiger partial charge in [0.15, 0.2) is 0 Å². The first-order valence-electron chi connectivity index (χ1n) is 7.86. The zero-order valence-electron chi connectivity index (χ0n) is 12.5. The Kier molecular flexibility index (Phi) is 4.25. The maximum atomic E-state index is 12.7. The predicted octanol–water partition coefficient (Wildman–Crippen LogP) is 0.484. The third kappa shape index (κ3) is 2.83. The van der Waals surface area contributed by atoms with Crippen molar-refractivity contribution in [1.29, 1.82) is 0 Å². The van der Waals surface area contributed by atoms with Crippen LogP contribution in [0.3, 0.4) is 0 Å². The Hall–Kier alpha value is -0.660. The third-order valence-corrected chi connectivity index (χ3v) is 7.27. The number of hydrogen-bond donors (Lipinski definition) is 1. The summed E-state index contributed by atoms with van der Waals surface area (Å²) in [5.74, 6) is -0.898. The van der Waals surface area contributed by atoms with Crippen molar-refractivity contribution in [2.24, 2.45) is 5.92 Å². The van der Waals surface area contributed by atoms with Crippen LogP contribution in [0, 0.1) is 5.92 Å². The van der Waals surface area contributed by atoms with E-state index in [0.29, 0.717) is 18.9 Å². The first-order valence-corrected chi connectivity index (χ1v) is 9.40. The van der Waals surface area contributed by atoms with Crippen molar-refractivity contribution in [1.82, 2.24) is 9.62 Å². The van der Waals surface area contributed by atoms with Crippen LogP contribution < -0.4 is 4.72 Å². The summed E-state index contributed by atoms with van der Waals surface area (Å²) in [6.07, 6.45) is 5.02. The van der Waals surface area contributed by atoms with Gasteiger partial charge in [-0.2, -0.15) is 0 Å². The molecule has 4 unspecified atom stereocenters. The molecule has 0 aromatic carbocycles. The molecule has 0 aromatic heterocycles. The Bertz CT molecular complexity index is 507. The summed E-state index contributed by atoms with van der Waals surface area (Å²) in [5.41, 5.74) is 0. The molecular formula is C14H24N2O4S. The monoisotopic (exact) mass is 316 g/mol. The van der Waals surface area contributed by atoms with Crippen LogP contribution in [-0.2, 0) is 19.6 Å². The van der Waals surface area contributed by atoms with Crippen LogP contribution in [0.5, 0.6) is 0 Å². The first-order chi connectivity index (χ1) is 10.0. The van der Waals surface area contributed by atoms with Gasteiger partial charge in [0.2, 0.25) is 10.0 Å². The van der Waals surface area contributed by atoms with E-state index in [-0.39, 0.29) is 6.04 Å². The summed E-state index contributed by atoms with van der Waals surface area (Å²) in [7, 11) is -2.14. The number of carbonyl (C=O) groups is 1. The average molecular weight is 316 g/mol. The number of fused-ring (bicyclic) bond motifs is 1. The number of hydrogen-bond acceptors (Lipinski definition) is 5. The van der Waals surface area contributed by atoms with Gasteiger partial charge in [-0.1, -0.05) is 6.42 Å². The molecule has 3 fully saturated rings. The molecule has 2 heterocycles. The van der Waals surface area contributed by atoms with Crippen LogP contribution in [0.1, 0.15) is 38.5 Å². The summed E-state index contributed by atoms with van der Waals surface area (Å²) in [4.78, 5) is 14.1. The lowest BCUT2D eigenvalue weighted by Crippen LogP contribution is -2.47. The molecule has 120 valence electrons. The predicted molar refractivity (Wildman–Crippen MR) is 78.2 cm³/mol. The van der Waals surface area contributed by atoms with Gasteiger partial charge in [-0.25, -0.2) is 13.1 Å². The second-order valence-corrected chi connectivity index (χ2v) is 8.33. The summed E-state index contributed by atoms with van der Waals surface area (Å²) < 4.78 is 33.0. The van der Waals surface area contributed by atoms with E-state index < -0.39 is 27.2 Å². The van der Waals surface area contributed by atoms with Crippen molar-refractivity contribution < 1.29 is 17.9 Å². The minimum atomic E-state index is -3.46. The second-order valence-electron chi connectivity index (χ2n) is 6.40. The summed E-state index contributed by atoms with van der Waals surface area (Å²) >= 11 is 0. The van der Waals surface area contributed by atoms with E-state index in [0.717, 1.165) is 38.8 Å². The molecule has 0 amide bonds. The Labute approximate surface area is 126 Å². The molecular weight excluding hydrogens is 292 g/mol. The van der Waals surface area contributed by atoms with E-state index in [4.69, 9.17) is 4.74 Å². The van der Waals surface area contributed by atoms with Crippen molar-refractivity contribution in [3.8, 4) is 0 Å². The smallest absolute Gasteiger partial charge is 0.310 e. The number of nitrogens with one attached hydrogen (secondary N) is 1. The molecule has 4 atom stereocenters. The van der Waals surface area contributed by atoms with Crippen molar-refractivity contribution in [3.63, 3.8) is 0 Å². The number of esters is 1. The third-order valence-electron chi connectivity index (χ3n) is 5.28. The van der Waals surface area contributed by atoms with Crippen LogP contribution in [-0.4, -0.2) is 56.8 Å².